The van der Waals surface area contributed by atoms with E-state index >= 15 is 0 Å². The molecule has 0 saturated heterocycles. The van der Waals surface area contributed by atoms with Crippen LogP contribution in [0.15, 0.2) is 82.4 Å². The molecule has 0 aliphatic heterocycles. The molecule has 0 bridgehead atoms. The third-order valence-electron chi connectivity index (χ3n) is 4.82. The molecule has 0 spiro atoms. The molecule has 27 heavy (non-hydrogen) atoms. The van der Waals surface area contributed by atoms with Crippen LogP contribution in [-0.4, -0.2) is 18.5 Å². The molecule has 0 N–H and O–H groups in total. The van der Waals surface area contributed by atoms with Gasteiger partial charge in [0, 0.05) is 13.5 Å². The second-order valence-electron chi connectivity index (χ2n) is 7.21. The van der Waals surface area contributed by atoms with Gasteiger partial charge >= 0.3 is 0 Å². The Labute approximate surface area is 164 Å². The summed E-state index contributed by atoms with van der Waals surface area (Å²) in [5.74, 6) is 0.261. The molecule has 0 atom stereocenters. The molecule has 0 fully saturated rings. The summed E-state index contributed by atoms with van der Waals surface area (Å²) >= 11 is 0. The van der Waals surface area contributed by atoms with Gasteiger partial charge in [0.05, 0.1) is 5.71 Å². The third-order valence-corrected chi connectivity index (χ3v) is 4.82. The minimum atomic E-state index is 0.261. The van der Waals surface area contributed by atoms with Crippen LogP contribution in [-0.2, 0) is 4.79 Å². The van der Waals surface area contributed by atoms with Gasteiger partial charge in [-0.1, -0.05) is 54.6 Å². The van der Waals surface area contributed by atoms with Gasteiger partial charge in [-0.3, -0.25) is 4.99 Å². The third kappa shape index (κ3) is 6.63. The molecular formula is C25H31NO. The first-order valence-electron chi connectivity index (χ1n) is 9.80. The second kappa shape index (κ2) is 10.6. The zero-order chi connectivity index (χ0) is 19.6. The van der Waals surface area contributed by atoms with Crippen molar-refractivity contribution in [2.75, 3.05) is 7.05 Å². The fourth-order valence-electron chi connectivity index (χ4n) is 3.37. The standard InChI is InChI=1S/C25H31NO/c1-19(2)23-16-10-12-21(17-23)18-24(15-9-8-11-20(3)27)25(26-4)22-13-6-5-7-14-22/h5-7,12-14,17-18H,1,8-11,15-16H2,2-4H3/b24-18-,26-25-. The van der Waals surface area contributed by atoms with E-state index in [4.69, 9.17) is 0 Å². The lowest BCUT2D eigenvalue weighted by molar-refractivity contribution is -0.117. The molecule has 1 aromatic rings. The smallest absolute Gasteiger partial charge is 0.129 e. The average Bonchev–Trinajstić information content (AvgIpc) is 2.66. The van der Waals surface area contributed by atoms with E-state index in [1.54, 1.807) is 6.92 Å². The summed E-state index contributed by atoms with van der Waals surface area (Å²) in [5, 5.41) is 0. The minimum absolute atomic E-state index is 0.261. The van der Waals surface area contributed by atoms with Crippen LogP contribution < -0.4 is 0 Å². The van der Waals surface area contributed by atoms with E-state index in [0.29, 0.717) is 6.42 Å². The van der Waals surface area contributed by atoms with Crippen LogP contribution >= 0.6 is 0 Å². The number of Topliss-reactive ketones (excluding diaryl/α,β-unsaturated/α-hetero) is 1. The van der Waals surface area contributed by atoms with Crippen molar-refractivity contribution in [2.24, 2.45) is 4.99 Å². The lowest BCUT2D eigenvalue weighted by Crippen LogP contribution is -2.07. The van der Waals surface area contributed by atoms with Crippen molar-refractivity contribution in [3.8, 4) is 0 Å². The molecule has 0 heterocycles. The van der Waals surface area contributed by atoms with E-state index in [1.807, 2.05) is 25.2 Å². The number of carbonyl (C=O) groups excluding carboxylic acids is 1. The number of unbranched alkanes of at least 4 members (excludes halogenated alkanes) is 1. The lowest BCUT2D eigenvalue weighted by atomic mass is 9.91. The van der Waals surface area contributed by atoms with Crippen molar-refractivity contribution in [3.63, 3.8) is 0 Å². The summed E-state index contributed by atoms with van der Waals surface area (Å²) in [4.78, 5) is 15.9. The van der Waals surface area contributed by atoms with E-state index in [1.165, 1.54) is 16.7 Å². The molecule has 0 radical (unpaired) electrons. The molecule has 1 aromatic carbocycles. The predicted octanol–water partition coefficient (Wildman–Crippen LogP) is 6.40. The maximum Gasteiger partial charge on any atom is 0.129 e. The van der Waals surface area contributed by atoms with Crippen LogP contribution in [0.1, 0.15) is 57.9 Å². The largest absolute Gasteiger partial charge is 0.300 e. The molecule has 2 heteroatoms. The summed E-state index contributed by atoms with van der Waals surface area (Å²) in [7, 11) is 1.86. The van der Waals surface area contributed by atoms with Crippen LogP contribution in [0.25, 0.3) is 0 Å². The van der Waals surface area contributed by atoms with E-state index in [-0.39, 0.29) is 5.78 Å². The minimum Gasteiger partial charge on any atom is -0.300 e. The fraction of sp³-hybridized carbons (Fsp3) is 0.360. The molecular weight excluding hydrogens is 330 g/mol. The quantitative estimate of drug-likeness (QED) is 0.369. The van der Waals surface area contributed by atoms with Gasteiger partial charge in [0.25, 0.3) is 0 Å². The van der Waals surface area contributed by atoms with Gasteiger partial charge in [0.2, 0.25) is 0 Å². The van der Waals surface area contributed by atoms with Crippen LogP contribution in [0.4, 0.5) is 0 Å². The number of hydrogen-bond acceptors (Lipinski definition) is 2. The van der Waals surface area contributed by atoms with Gasteiger partial charge in [-0.15, -0.1) is 0 Å². The fourth-order valence-corrected chi connectivity index (χ4v) is 3.37. The monoisotopic (exact) mass is 361 g/mol. The number of ketones is 1. The van der Waals surface area contributed by atoms with E-state index < -0.39 is 0 Å². The molecule has 142 valence electrons. The topological polar surface area (TPSA) is 29.4 Å². The first-order chi connectivity index (χ1) is 13.0. The van der Waals surface area contributed by atoms with E-state index in [2.05, 4.69) is 48.9 Å². The highest BCUT2D eigenvalue weighted by Gasteiger charge is 2.12. The maximum atomic E-state index is 11.3. The Bertz CT molecular complexity index is 791. The predicted molar refractivity (Wildman–Crippen MR) is 116 cm³/mol. The lowest BCUT2D eigenvalue weighted by Gasteiger charge is -2.15. The number of rotatable bonds is 9. The highest BCUT2D eigenvalue weighted by molar-refractivity contribution is 6.12. The highest BCUT2D eigenvalue weighted by Crippen LogP contribution is 2.26. The first kappa shape index (κ1) is 20.8. The van der Waals surface area contributed by atoms with Crippen molar-refractivity contribution in [1.82, 2.24) is 0 Å². The number of nitrogens with zero attached hydrogens (tertiary/aromatic N) is 1. The van der Waals surface area contributed by atoms with Crippen molar-refractivity contribution in [2.45, 2.75) is 52.4 Å². The summed E-state index contributed by atoms with van der Waals surface area (Å²) in [6.07, 6.45) is 12.4. The van der Waals surface area contributed by atoms with Crippen molar-refractivity contribution >= 4 is 11.5 Å². The number of aliphatic imine (C=N–C) groups is 1. The summed E-state index contributed by atoms with van der Waals surface area (Å²) in [6.45, 7) is 7.83. The van der Waals surface area contributed by atoms with E-state index in [0.717, 1.165) is 49.0 Å². The van der Waals surface area contributed by atoms with Gasteiger partial charge in [-0.05, 0) is 74.3 Å². The molecule has 2 rings (SSSR count). The van der Waals surface area contributed by atoms with Crippen LogP contribution in [0.3, 0.4) is 0 Å². The van der Waals surface area contributed by atoms with Crippen molar-refractivity contribution in [1.29, 1.82) is 0 Å². The summed E-state index contributed by atoms with van der Waals surface area (Å²) < 4.78 is 0. The van der Waals surface area contributed by atoms with Gasteiger partial charge in [0.1, 0.15) is 5.78 Å². The van der Waals surface area contributed by atoms with Gasteiger partial charge in [-0.25, -0.2) is 0 Å². The molecule has 1 aliphatic carbocycles. The van der Waals surface area contributed by atoms with E-state index in [9.17, 15) is 4.79 Å². The van der Waals surface area contributed by atoms with Crippen LogP contribution in [0, 0.1) is 0 Å². The van der Waals surface area contributed by atoms with Crippen LogP contribution in [0.5, 0.6) is 0 Å². The Morgan fingerprint density at radius 1 is 1.15 bits per heavy atom. The summed E-state index contributed by atoms with van der Waals surface area (Å²) in [6, 6.07) is 10.3. The summed E-state index contributed by atoms with van der Waals surface area (Å²) in [5.41, 5.74) is 7.11. The molecule has 1 aliphatic rings. The Balaban J connectivity index is 2.30. The highest BCUT2D eigenvalue weighted by atomic mass is 16.1. The van der Waals surface area contributed by atoms with Crippen molar-refractivity contribution in [3.05, 3.63) is 83.0 Å². The molecule has 0 unspecified atom stereocenters. The zero-order valence-corrected chi connectivity index (χ0v) is 16.9. The number of allylic oxidation sites excluding steroid dienone is 7. The Morgan fingerprint density at radius 2 is 1.85 bits per heavy atom. The number of benzene rings is 1. The Hall–Kier alpha value is -2.48. The van der Waals surface area contributed by atoms with Gasteiger partial charge in [-0.2, -0.15) is 0 Å². The molecule has 0 aromatic heterocycles. The van der Waals surface area contributed by atoms with Crippen LogP contribution in [0.2, 0.25) is 0 Å². The Kier molecular flexibility index (Phi) is 8.19. The Morgan fingerprint density at radius 3 is 2.48 bits per heavy atom. The molecule has 0 saturated carbocycles. The normalized spacial score (nSPS) is 15.2. The average molecular weight is 362 g/mol. The van der Waals surface area contributed by atoms with Crippen molar-refractivity contribution < 1.29 is 4.79 Å². The molecule has 2 nitrogen and oxygen atoms in total. The second-order valence-corrected chi connectivity index (χ2v) is 7.21. The number of hydrogen-bond donors (Lipinski definition) is 0. The SMILES string of the molecule is C=C(C)C1=CC(/C=C(CCCCC(C)=O)\C(=N/C)c2ccccc2)=CCC1. The molecule has 0 amide bonds. The first-order valence-corrected chi connectivity index (χ1v) is 9.80. The maximum absolute atomic E-state index is 11.3. The zero-order valence-electron chi connectivity index (χ0n) is 16.9. The van der Waals surface area contributed by atoms with Gasteiger partial charge in [0.15, 0.2) is 0 Å². The number of carbonyl (C=O) groups is 1. The van der Waals surface area contributed by atoms with Gasteiger partial charge < -0.3 is 4.79 Å².